The Morgan fingerprint density at radius 2 is 0.857 bits per heavy atom. The van der Waals surface area contributed by atoms with Gasteiger partial charge in [0.2, 0.25) is 0 Å². The van der Waals surface area contributed by atoms with E-state index in [1.165, 1.54) is 141 Å². The topological polar surface area (TPSA) is 0 Å². The van der Waals surface area contributed by atoms with E-state index in [4.69, 9.17) is 0 Å². The third-order valence-corrected chi connectivity index (χ3v) is 6.39. The molecule has 0 heteroatoms. The van der Waals surface area contributed by atoms with Gasteiger partial charge in [-0.1, -0.05) is 155 Å². The molecule has 0 aromatic carbocycles. The second-order valence-electron chi connectivity index (χ2n) is 9.45. The molecule has 0 radical (unpaired) electrons. The average molecular weight is 393 g/mol. The van der Waals surface area contributed by atoms with E-state index in [0.717, 1.165) is 5.92 Å². The van der Waals surface area contributed by atoms with Gasteiger partial charge in [0.15, 0.2) is 0 Å². The molecule has 0 heterocycles. The quantitative estimate of drug-likeness (QED) is 0.120. The number of hydrogen-bond donors (Lipinski definition) is 0. The molecule has 168 valence electrons. The van der Waals surface area contributed by atoms with Crippen molar-refractivity contribution in [2.75, 3.05) is 0 Å². The summed E-state index contributed by atoms with van der Waals surface area (Å²) in [6.45, 7) is 11.4. The van der Waals surface area contributed by atoms with E-state index >= 15 is 0 Å². The van der Waals surface area contributed by atoms with E-state index in [1.54, 1.807) is 5.57 Å². The summed E-state index contributed by atoms with van der Waals surface area (Å²) in [7, 11) is 0. The molecular formula is C28H56. The normalized spacial score (nSPS) is 11.4. The van der Waals surface area contributed by atoms with E-state index < -0.39 is 0 Å². The average Bonchev–Trinajstić information content (AvgIpc) is 2.69. The summed E-state index contributed by atoms with van der Waals surface area (Å²) in [5.74, 6) is 0.921. The molecule has 28 heavy (non-hydrogen) atoms. The Labute approximate surface area is 180 Å². The molecule has 0 unspecified atom stereocenters. The van der Waals surface area contributed by atoms with Crippen molar-refractivity contribution in [1.82, 2.24) is 0 Å². The second-order valence-corrected chi connectivity index (χ2v) is 9.45. The first-order chi connectivity index (χ1) is 13.7. The highest BCUT2D eigenvalue weighted by Gasteiger charge is 2.10. The van der Waals surface area contributed by atoms with Crippen LogP contribution in [0.15, 0.2) is 12.2 Å². The summed E-state index contributed by atoms with van der Waals surface area (Å²) in [5, 5.41) is 0. The van der Waals surface area contributed by atoms with Crippen LogP contribution in [0.25, 0.3) is 0 Å². The van der Waals surface area contributed by atoms with Gasteiger partial charge in [0.05, 0.1) is 0 Å². The molecule has 0 aliphatic heterocycles. The summed E-state index contributed by atoms with van der Waals surface area (Å²) in [6, 6.07) is 0. The van der Waals surface area contributed by atoms with Crippen LogP contribution in [0.1, 0.15) is 162 Å². The Morgan fingerprint density at radius 1 is 0.500 bits per heavy atom. The fourth-order valence-corrected chi connectivity index (χ4v) is 4.44. The van der Waals surface area contributed by atoms with Gasteiger partial charge in [-0.2, -0.15) is 0 Å². The molecule has 0 N–H and O–H groups in total. The maximum absolute atomic E-state index is 4.47. The van der Waals surface area contributed by atoms with Gasteiger partial charge in [0.25, 0.3) is 0 Å². The predicted octanol–water partition coefficient (Wildman–Crippen LogP) is 10.8. The molecule has 0 nitrogen and oxygen atoms in total. The molecule has 0 amide bonds. The summed E-state index contributed by atoms with van der Waals surface area (Å²) >= 11 is 0. The molecule has 0 aromatic heterocycles. The van der Waals surface area contributed by atoms with Gasteiger partial charge in [-0.05, 0) is 25.2 Å². The highest BCUT2D eigenvalue weighted by molar-refractivity contribution is 4.95. The summed E-state index contributed by atoms with van der Waals surface area (Å²) in [6.07, 6.45) is 31.1. The van der Waals surface area contributed by atoms with Crippen molar-refractivity contribution in [2.24, 2.45) is 5.92 Å². The van der Waals surface area contributed by atoms with Crippen molar-refractivity contribution in [1.29, 1.82) is 0 Å². The first-order valence-corrected chi connectivity index (χ1v) is 13.4. The Balaban J connectivity index is 3.99. The lowest BCUT2D eigenvalue weighted by Gasteiger charge is -2.18. The molecule has 0 aliphatic rings. The highest BCUT2D eigenvalue weighted by Crippen LogP contribution is 2.27. The van der Waals surface area contributed by atoms with Gasteiger partial charge in [-0.15, -0.1) is 0 Å². The van der Waals surface area contributed by atoms with Crippen LogP contribution in [0.2, 0.25) is 0 Å². The smallest absolute Gasteiger partial charge is 0.0294 e. The van der Waals surface area contributed by atoms with Gasteiger partial charge in [0.1, 0.15) is 0 Å². The zero-order chi connectivity index (χ0) is 20.7. The van der Waals surface area contributed by atoms with E-state index in [2.05, 4.69) is 27.4 Å². The molecule has 0 saturated carbocycles. The summed E-state index contributed by atoms with van der Waals surface area (Å²) in [5.41, 5.74) is 1.55. The van der Waals surface area contributed by atoms with Gasteiger partial charge in [0, 0.05) is 0 Å². The van der Waals surface area contributed by atoms with Crippen LogP contribution in [0.3, 0.4) is 0 Å². The van der Waals surface area contributed by atoms with Crippen LogP contribution in [-0.2, 0) is 0 Å². The summed E-state index contributed by atoms with van der Waals surface area (Å²) < 4.78 is 0. The lowest BCUT2D eigenvalue weighted by atomic mass is 9.87. The van der Waals surface area contributed by atoms with Crippen molar-refractivity contribution in [3.63, 3.8) is 0 Å². The maximum Gasteiger partial charge on any atom is -0.0294 e. The minimum Gasteiger partial charge on any atom is -0.0999 e. The summed E-state index contributed by atoms with van der Waals surface area (Å²) in [4.78, 5) is 0. The Kier molecular flexibility index (Phi) is 22.8. The van der Waals surface area contributed by atoms with Crippen LogP contribution >= 0.6 is 0 Å². The van der Waals surface area contributed by atoms with E-state index in [9.17, 15) is 0 Å². The molecule has 0 rings (SSSR count). The standard InChI is InChI=1S/C28H56/c1-5-8-11-14-17-20-23-27(4)26-28(24-21-18-15-12-9-6-2)25-22-19-16-13-10-7-3/h28H,4-26H2,1-3H3. The first-order valence-electron chi connectivity index (χ1n) is 13.4. The van der Waals surface area contributed by atoms with E-state index in [-0.39, 0.29) is 0 Å². The zero-order valence-electron chi connectivity index (χ0n) is 20.3. The van der Waals surface area contributed by atoms with Gasteiger partial charge in [-0.25, -0.2) is 0 Å². The molecule has 0 bridgehead atoms. The number of unbranched alkanes of at least 4 members (excludes halogenated alkanes) is 15. The van der Waals surface area contributed by atoms with Crippen molar-refractivity contribution in [3.05, 3.63) is 12.2 Å². The largest absolute Gasteiger partial charge is 0.0999 e. The molecule has 0 aromatic rings. The van der Waals surface area contributed by atoms with E-state index in [1.807, 2.05) is 0 Å². The SMILES string of the molecule is C=C(CCCCCCCC)CC(CCCCCCCC)CCCCCCCC. The lowest BCUT2D eigenvalue weighted by molar-refractivity contribution is 0.396. The molecule has 0 spiro atoms. The second kappa shape index (κ2) is 23.0. The molecule has 0 fully saturated rings. The third kappa shape index (κ3) is 20.5. The van der Waals surface area contributed by atoms with Crippen LogP contribution in [0.4, 0.5) is 0 Å². The zero-order valence-corrected chi connectivity index (χ0v) is 20.3. The Bertz CT molecular complexity index is 287. The van der Waals surface area contributed by atoms with E-state index in [0.29, 0.717) is 0 Å². The molecule has 0 atom stereocenters. The Morgan fingerprint density at radius 3 is 1.29 bits per heavy atom. The Hall–Kier alpha value is -0.260. The lowest BCUT2D eigenvalue weighted by Crippen LogP contribution is -2.03. The van der Waals surface area contributed by atoms with Crippen molar-refractivity contribution in [3.8, 4) is 0 Å². The molecule has 0 aliphatic carbocycles. The first kappa shape index (κ1) is 27.7. The third-order valence-electron chi connectivity index (χ3n) is 6.39. The van der Waals surface area contributed by atoms with Crippen molar-refractivity contribution in [2.45, 2.75) is 162 Å². The van der Waals surface area contributed by atoms with Crippen molar-refractivity contribution >= 4 is 0 Å². The van der Waals surface area contributed by atoms with Crippen LogP contribution in [0, 0.1) is 5.92 Å². The molecular weight excluding hydrogens is 336 g/mol. The van der Waals surface area contributed by atoms with Crippen LogP contribution in [0.5, 0.6) is 0 Å². The monoisotopic (exact) mass is 392 g/mol. The van der Waals surface area contributed by atoms with Gasteiger partial charge >= 0.3 is 0 Å². The van der Waals surface area contributed by atoms with Gasteiger partial charge < -0.3 is 0 Å². The van der Waals surface area contributed by atoms with Crippen LogP contribution < -0.4 is 0 Å². The minimum absolute atomic E-state index is 0.921. The fourth-order valence-electron chi connectivity index (χ4n) is 4.44. The number of rotatable bonds is 23. The fraction of sp³-hybridized carbons (Fsp3) is 0.929. The number of allylic oxidation sites excluding steroid dienone is 1. The van der Waals surface area contributed by atoms with Crippen LogP contribution in [-0.4, -0.2) is 0 Å². The minimum atomic E-state index is 0.921. The predicted molar refractivity (Wildman–Crippen MR) is 131 cm³/mol. The molecule has 0 saturated heterocycles. The van der Waals surface area contributed by atoms with Crippen molar-refractivity contribution < 1.29 is 0 Å². The maximum atomic E-state index is 4.47. The number of hydrogen-bond acceptors (Lipinski definition) is 0. The van der Waals surface area contributed by atoms with Gasteiger partial charge in [-0.3, -0.25) is 0 Å². The highest BCUT2D eigenvalue weighted by atomic mass is 14.2.